The van der Waals surface area contributed by atoms with Gasteiger partial charge in [-0.05, 0) is 34.6 Å². The van der Waals surface area contributed by atoms with Gasteiger partial charge in [0.15, 0.2) is 5.82 Å². The summed E-state index contributed by atoms with van der Waals surface area (Å²) in [7, 11) is 0. The van der Waals surface area contributed by atoms with Crippen molar-refractivity contribution in [2.45, 2.75) is 40.2 Å². The molecule has 5 heteroatoms. The Morgan fingerprint density at radius 3 is 2.24 bits per heavy atom. The Labute approximate surface area is 103 Å². The number of aromatic nitrogens is 2. The molecule has 0 fully saturated rings. The van der Waals surface area contributed by atoms with Crippen molar-refractivity contribution < 1.29 is 0 Å². The molecule has 0 atom stereocenters. The molecule has 0 aliphatic heterocycles. The largest absolute Gasteiger partial charge is 0.383 e. The highest BCUT2D eigenvalue weighted by Gasteiger charge is 2.25. The highest BCUT2D eigenvalue weighted by molar-refractivity contribution is 5.65. The second-order valence-corrected chi connectivity index (χ2v) is 4.95. The van der Waals surface area contributed by atoms with E-state index in [0.717, 1.165) is 13.1 Å². The van der Waals surface area contributed by atoms with E-state index in [-0.39, 0.29) is 5.54 Å². The quantitative estimate of drug-likeness (QED) is 0.869. The number of nitrogen functional groups attached to an aromatic ring is 1. The van der Waals surface area contributed by atoms with Crippen LogP contribution in [0.3, 0.4) is 0 Å². The Bertz CT molecular complexity index is 429. The fourth-order valence-corrected chi connectivity index (χ4v) is 1.78. The van der Waals surface area contributed by atoms with Gasteiger partial charge >= 0.3 is 0 Å². The SMILES string of the molecule is CCN(CC)c1nn(C(C)(C)C)c(N)c1C#N. The Morgan fingerprint density at radius 1 is 1.35 bits per heavy atom. The third kappa shape index (κ3) is 2.36. The molecule has 0 bridgehead atoms. The Balaban J connectivity index is 3.39. The fourth-order valence-electron chi connectivity index (χ4n) is 1.78. The summed E-state index contributed by atoms with van der Waals surface area (Å²) >= 11 is 0. The molecule has 0 saturated heterocycles. The van der Waals surface area contributed by atoms with Gasteiger partial charge in [-0.15, -0.1) is 0 Å². The molecule has 0 aliphatic carbocycles. The predicted octanol–water partition coefficient (Wildman–Crippen LogP) is 1.94. The number of nitrogens with two attached hydrogens (primary N) is 1. The summed E-state index contributed by atoms with van der Waals surface area (Å²) in [6.45, 7) is 11.8. The number of nitriles is 1. The first-order valence-electron chi connectivity index (χ1n) is 5.90. The van der Waals surface area contributed by atoms with Crippen molar-refractivity contribution in [1.82, 2.24) is 9.78 Å². The molecule has 0 spiro atoms. The lowest BCUT2D eigenvalue weighted by Gasteiger charge is -2.21. The zero-order valence-electron chi connectivity index (χ0n) is 11.3. The molecule has 1 aromatic heterocycles. The molecule has 0 amide bonds. The van der Waals surface area contributed by atoms with Gasteiger partial charge in [-0.2, -0.15) is 10.4 Å². The van der Waals surface area contributed by atoms with Gasteiger partial charge in [-0.3, -0.25) is 0 Å². The summed E-state index contributed by atoms with van der Waals surface area (Å²) in [5, 5.41) is 13.7. The normalized spacial score (nSPS) is 11.3. The van der Waals surface area contributed by atoms with Gasteiger partial charge in [0.25, 0.3) is 0 Å². The first kappa shape index (κ1) is 13.4. The van der Waals surface area contributed by atoms with Crippen LogP contribution in [0.4, 0.5) is 11.6 Å². The molecule has 0 aromatic carbocycles. The first-order valence-corrected chi connectivity index (χ1v) is 5.90. The van der Waals surface area contributed by atoms with Crippen LogP contribution < -0.4 is 10.6 Å². The number of anilines is 2. The summed E-state index contributed by atoms with van der Waals surface area (Å²) in [6.07, 6.45) is 0. The van der Waals surface area contributed by atoms with Crippen molar-refractivity contribution in [2.75, 3.05) is 23.7 Å². The van der Waals surface area contributed by atoms with Gasteiger partial charge in [0, 0.05) is 13.1 Å². The second kappa shape index (κ2) is 4.66. The predicted molar refractivity (Wildman–Crippen MR) is 69.9 cm³/mol. The molecule has 1 heterocycles. The molecule has 0 unspecified atom stereocenters. The van der Waals surface area contributed by atoms with Gasteiger partial charge in [-0.1, -0.05) is 0 Å². The van der Waals surface area contributed by atoms with Crippen molar-refractivity contribution >= 4 is 11.6 Å². The van der Waals surface area contributed by atoms with E-state index >= 15 is 0 Å². The monoisotopic (exact) mass is 235 g/mol. The maximum atomic E-state index is 9.21. The summed E-state index contributed by atoms with van der Waals surface area (Å²) in [6, 6.07) is 2.16. The third-order valence-corrected chi connectivity index (χ3v) is 2.71. The average molecular weight is 235 g/mol. The molecule has 17 heavy (non-hydrogen) atoms. The van der Waals surface area contributed by atoms with E-state index in [2.05, 4.69) is 11.2 Å². The minimum absolute atomic E-state index is 0.221. The second-order valence-electron chi connectivity index (χ2n) is 4.95. The van der Waals surface area contributed by atoms with Crippen LogP contribution >= 0.6 is 0 Å². The Hall–Kier alpha value is -1.70. The maximum Gasteiger partial charge on any atom is 0.170 e. The van der Waals surface area contributed by atoms with Crippen LogP contribution in [0, 0.1) is 11.3 Å². The zero-order valence-corrected chi connectivity index (χ0v) is 11.3. The summed E-state index contributed by atoms with van der Waals surface area (Å²) < 4.78 is 1.72. The topological polar surface area (TPSA) is 70.9 Å². The standard InChI is InChI=1S/C12H21N5/c1-6-16(7-2)11-9(8-13)10(14)17(15-11)12(3,4)5/h6-7,14H2,1-5H3. The molecular weight excluding hydrogens is 214 g/mol. The maximum absolute atomic E-state index is 9.21. The van der Waals surface area contributed by atoms with Gasteiger partial charge < -0.3 is 10.6 Å². The van der Waals surface area contributed by atoms with Gasteiger partial charge in [0.1, 0.15) is 17.5 Å². The number of nitrogens with zero attached hydrogens (tertiary/aromatic N) is 4. The third-order valence-electron chi connectivity index (χ3n) is 2.71. The van der Waals surface area contributed by atoms with E-state index in [1.54, 1.807) is 4.68 Å². The molecule has 0 saturated carbocycles. The summed E-state index contributed by atoms with van der Waals surface area (Å²) in [4.78, 5) is 2.04. The smallest absolute Gasteiger partial charge is 0.170 e. The molecule has 5 nitrogen and oxygen atoms in total. The van der Waals surface area contributed by atoms with Crippen molar-refractivity contribution in [3.05, 3.63) is 5.56 Å². The van der Waals surface area contributed by atoms with Crippen LogP contribution in [0.2, 0.25) is 0 Å². The molecule has 2 N–H and O–H groups in total. The lowest BCUT2D eigenvalue weighted by atomic mass is 10.1. The first-order chi connectivity index (χ1) is 7.86. The number of rotatable bonds is 3. The molecule has 94 valence electrons. The van der Waals surface area contributed by atoms with E-state index in [1.807, 2.05) is 39.5 Å². The van der Waals surface area contributed by atoms with Crippen LogP contribution in [0.25, 0.3) is 0 Å². The highest BCUT2D eigenvalue weighted by atomic mass is 15.4. The zero-order chi connectivity index (χ0) is 13.2. The Kier molecular flexibility index (Phi) is 3.66. The van der Waals surface area contributed by atoms with Crippen LogP contribution in [0.15, 0.2) is 0 Å². The van der Waals surface area contributed by atoms with E-state index in [4.69, 9.17) is 5.73 Å². The molecule has 1 rings (SSSR count). The lowest BCUT2D eigenvalue weighted by molar-refractivity contribution is 0.361. The van der Waals surface area contributed by atoms with Crippen molar-refractivity contribution in [3.8, 4) is 6.07 Å². The van der Waals surface area contributed by atoms with Crippen molar-refractivity contribution in [3.63, 3.8) is 0 Å². The molecule has 0 aliphatic rings. The molecule has 1 aromatic rings. The van der Waals surface area contributed by atoms with Crippen LogP contribution in [0.1, 0.15) is 40.2 Å². The van der Waals surface area contributed by atoms with Crippen LogP contribution in [-0.2, 0) is 5.54 Å². The van der Waals surface area contributed by atoms with Crippen LogP contribution in [-0.4, -0.2) is 22.9 Å². The molecule has 0 radical (unpaired) electrons. The van der Waals surface area contributed by atoms with Crippen LogP contribution in [0.5, 0.6) is 0 Å². The fraction of sp³-hybridized carbons (Fsp3) is 0.667. The van der Waals surface area contributed by atoms with Gasteiger partial charge in [0.05, 0.1) is 5.54 Å². The number of hydrogen-bond donors (Lipinski definition) is 1. The van der Waals surface area contributed by atoms with E-state index in [0.29, 0.717) is 17.2 Å². The van der Waals surface area contributed by atoms with E-state index in [9.17, 15) is 5.26 Å². The van der Waals surface area contributed by atoms with Crippen molar-refractivity contribution in [2.24, 2.45) is 0 Å². The van der Waals surface area contributed by atoms with Crippen molar-refractivity contribution in [1.29, 1.82) is 5.26 Å². The van der Waals surface area contributed by atoms with E-state index < -0.39 is 0 Å². The Morgan fingerprint density at radius 2 is 1.88 bits per heavy atom. The molecular formula is C12H21N5. The summed E-state index contributed by atoms with van der Waals surface area (Å²) in [5.41, 5.74) is 6.25. The number of hydrogen-bond acceptors (Lipinski definition) is 4. The van der Waals surface area contributed by atoms with E-state index in [1.165, 1.54) is 0 Å². The summed E-state index contributed by atoms with van der Waals surface area (Å²) in [5.74, 6) is 1.13. The van der Waals surface area contributed by atoms with Gasteiger partial charge in [0.2, 0.25) is 0 Å². The minimum atomic E-state index is -0.221. The highest BCUT2D eigenvalue weighted by Crippen LogP contribution is 2.28. The van der Waals surface area contributed by atoms with Gasteiger partial charge in [-0.25, -0.2) is 4.68 Å². The lowest BCUT2D eigenvalue weighted by Crippen LogP contribution is -2.26. The average Bonchev–Trinajstić information content (AvgIpc) is 2.57. The minimum Gasteiger partial charge on any atom is -0.383 e.